The molecule has 1 aliphatic rings. The molecule has 0 unspecified atom stereocenters. The zero-order valence-electron chi connectivity index (χ0n) is 32.8. The molecule has 5 aromatic carbocycles. The number of phenols is 1. The van der Waals surface area contributed by atoms with Crippen molar-refractivity contribution in [1.82, 2.24) is 14.5 Å². The zero-order valence-corrected chi connectivity index (χ0v) is 32.8. The molecule has 5 nitrogen and oxygen atoms in total. The lowest BCUT2D eigenvalue weighted by Crippen LogP contribution is -2.17. The van der Waals surface area contributed by atoms with Crippen LogP contribution in [0.25, 0.3) is 61.6 Å². The van der Waals surface area contributed by atoms with Crippen molar-refractivity contribution in [2.24, 2.45) is 4.99 Å². The molecule has 0 atom stereocenters. The average molecular weight is 709 g/mol. The molecule has 54 heavy (non-hydrogen) atoms. The summed E-state index contributed by atoms with van der Waals surface area (Å²) in [5.74, 6) is 0.948. The normalized spacial score (nSPS) is 12.9. The SMILES string of the molecule is CC(C)(C)c1cc(-c2cc(-c3ccccc3)ccn2)cc(-c2ccc3c4c2nc(-c2cc(C(C)(C)C)cc(C(C)(C)C)c2O)n4-c2ccccc2N=C3)c1. The highest BCUT2D eigenvalue weighted by atomic mass is 16.3. The van der Waals surface area contributed by atoms with Gasteiger partial charge < -0.3 is 5.11 Å². The third-order valence-corrected chi connectivity index (χ3v) is 10.6. The van der Waals surface area contributed by atoms with Gasteiger partial charge in [-0.05, 0) is 86.5 Å². The third-order valence-electron chi connectivity index (χ3n) is 10.6. The van der Waals surface area contributed by atoms with E-state index in [1.165, 1.54) is 5.56 Å². The number of benzene rings is 5. The fraction of sp³-hybridized carbons (Fsp3) is 0.245. The van der Waals surface area contributed by atoms with Gasteiger partial charge in [0.15, 0.2) is 0 Å². The summed E-state index contributed by atoms with van der Waals surface area (Å²) in [5, 5.41) is 12.2. The van der Waals surface area contributed by atoms with E-state index in [4.69, 9.17) is 15.0 Å². The first-order chi connectivity index (χ1) is 25.6. The molecule has 0 saturated heterocycles. The Bertz CT molecular complexity index is 2610. The van der Waals surface area contributed by atoms with E-state index in [9.17, 15) is 5.11 Å². The Balaban J connectivity index is 1.43. The monoisotopic (exact) mass is 708 g/mol. The molecule has 2 aromatic heterocycles. The molecule has 5 heteroatoms. The van der Waals surface area contributed by atoms with Crippen molar-refractivity contribution in [3.05, 3.63) is 138 Å². The first-order valence-corrected chi connectivity index (χ1v) is 18.8. The molecule has 0 bridgehead atoms. The number of para-hydroxylation sites is 2. The molecule has 1 N–H and O–H groups in total. The number of fused-ring (bicyclic) bond motifs is 2. The standard InChI is InChI=1S/C49H48N4O/c1-47(2,3)35-24-33(23-34(25-35)41-26-31(21-22-50-41)30-15-11-10-12-16-30)37-20-19-32-29-51-40-17-13-14-18-42(40)53-44(32)43(37)52-46(53)38-27-36(48(4,5)6)28-39(45(38)54)49(7,8)9/h10-29,54H,1-9H3. The molecule has 3 heterocycles. The van der Waals surface area contributed by atoms with E-state index in [2.05, 4.69) is 152 Å². The maximum Gasteiger partial charge on any atom is 0.149 e. The summed E-state index contributed by atoms with van der Waals surface area (Å²) in [7, 11) is 0. The van der Waals surface area contributed by atoms with E-state index in [-0.39, 0.29) is 22.0 Å². The lowest BCUT2D eigenvalue weighted by molar-refractivity contribution is 0.446. The van der Waals surface area contributed by atoms with Crippen LogP contribution in [0.3, 0.4) is 0 Å². The predicted octanol–water partition coefficient (Wildman–Crippen LogP) is 12.8. The van der Waals surface area contributed by atoms with Crippen molar-refractivity contribution in [1.29, 1.82) is 0 Å². The Morgan fingerprint density at radius 3 is 1.98 bits per heavy atom. The number of aromatic nitrogens is 3. The highest BCUT2D eigenvalue weighted by molar-refractivity contribution is 6.07. The van der Waals surface area contributed by atoms with Crippen molar-refractivity contribution in [2.75, 3.05) is 0 Å². The van der Waals surface area contributed by atoms with Crippen LogP contribution in [0, 0.1) is 0 Å². The van der Waals surface area contributed by atoms with Gasteiger partial charge in [0.25, 0.3) is 0 Å². The van der Waals surface area contributed by atoms with Gasteiger partial charge in [0.2, 0.25) is 0 Å². The first-order valence-electron chi connectivity index (χ1n) is 18.8. The Morgan fingerprint density at radius 1 is 0.574 bits per heavy atom. The molecule has 270 valence electrons. The number of phenolic OH excluding ortho intramolecular Hbond substituents is 1. The van der Waals surface area contributed by atoms with E-state index in [0.29, 0.717) is 11.4 Å². The summed E-state index contributed by atoms with van der Waals surface area (Å²) >= 11 is 0. The summed E-state index contributed by atoms with van der Waals surface area (Å²) < 4.78 is 2.21. The molecule has 8 rings (SSSR count). The molecule has 0 radical (unpaired) electrons. The van der Waals surface area contributed by atoms with Crippen molar-refractivity contribution in [3.8, 4) is 56.3 Å². The topological polar surface area (TPSA) is 63.3 Å². The van der Waals surface area contributed by atoms with Crippen LogP contribution in [0.1, 0.15) is 84.6 Å². The van der Waals surface area contributed by atoms with Gasteiger partial charge in [0, 0.05) is 34.7 Å². The fourth-order valence-corrected chi connectivity index (χ4v) is 7.43. The van der Waals surface area contributed by atoms with E-state index in [0.717, 1.165) is 72.6 Å². The van der Waals surface area contributed by atoms with E-state index >= 15 is 0 Å². The smallest absolute Gasteiger partial charge is 0.149 e. The maximum atomic E-state index is 12.2. The quantitative estimate of drug-likeness (QED) is 0.198. The molecular formula is C49H48N4O. The second-order valence-corrected chi connectivity index (χ2v) is 17.7. The number of hydrogen-bond donors (Lipinski definition) is 1. The van der Waals surface area contributed by atoms with E-state index in [1.807, 2.05) is 36.7 Å². The molecule has 0 saturated carbocycles. The Hall–Kier alpha value is -5.81. The fourth-order valence-electron chi connectivity index (χ4n) is 7.43. The number of aliphatic imine (C=N–C) groups is 1. The molecule has 0 aliphatic carbocycles. The lowest BCUT2D eigenvalue weighted by atomic mass is 9.79. The van der Waals surface area contributed by atoms with Gasteiger partial charge >= 0.3 is 0 Å². The van der Waals surface area contributed by atoms with Crippen LogP contribution in [0.4, 0.5) is 5.69 Å². The van der Waals surface area contributed by atoms with Gasteiger partial charge in [-0.2, -0.15) is 0 Å². The number of rotatable bonds is 4. The summed E-state index contributed by atoms with van der Waals surface area (Å²) in [5.41, 5.74) is 14.3. The average Bonchev–Trinajstić information content (AvgIpc) is 3.45. The third kappa shape index (κ3) is 6.22. The molecule has 0 spiro atoms. The van der Waals surface area contributed by atoms with Crippen molar-refractivity contribution >= 4 is 22.9 Å². The molecule has 1 aliphatic heterocycles. The highest BCUT2D eigenvalue weighted by Crippen LogP contribution is 2.46. The van der Waals surface area contributed by atoms with Crippen molar-refractivity contribution in [2.45, 2.75) is 78.6 Å². The maximum absolute atomic E-state index is 12.2. The van der Waals surface area contributed by atoms with Gasteiger partial charge in [0.1, 0.15) is 11.6 Å². The minimum Gasteiger partial charge on any atom is -0.507 e. The summed E-state index contributed by atoms with van der Waals surface area (Å²) in [6.45, 7) is 19.9. The molecular weight excluding hydrogens is 661 g/mol. The number of nitrogens with zero attached hydrogens (tertiary/aromatic N) is 4. The van der Waals surface area contributed by atoms with Crippen LogP contribution in [0.2, 0.25) is 0 Å². The number of pyridine rings is 1. The van der Waals surface area contributed by atoms with Gasteiger partial charge in [-0.15, -0.1) is 0 Å². The van der Waals surface area contributed by atoms with Crippen LogP contribution >= 0.6 is 0 Å². The van der Waals surface area contributed by atoms with Gasteiger partial charge in [-0.3, -0.25) is 14.5 Å². The molecule has 7 aromatic rings. The van der Waals surface area contributed by atoms with Crippen molar-refractivity contribution < 1.29 is 5.11 Å². The number of aromatic hydroxyl groups is 1. The second-order valence-electron chi connectivity index (χ2n) is 17.7. The minimum atomic E-state index is -0.294. The Morgan fingerprint density at radius 2 is 1.26 bits per heavy atom. The Labute approximate surface area is 319 Å². The number of imidazole rings is 1. The Kier molecular flexibility index (Phi) is 8.26. The van der Waals surface area contributed by atoms with E-state index in [1.54, 1.807) is 0 Å². The second kappa shape index (κ2) is 12.7. The summed E-state index contributed by atoms with van der Waals surface area (Å²) in [6.07, 6.45) is 3.85. The van der Waals surface area contributed by atoms with Crippen LogP contribution in [-0.2, 0) is 16.2 Å². The highest BCUT2D eigenvalue weighted by Gasteiger charge is 2.30. The van der Waals surface area contributed by atoms with Crippen LogP contribution < -0.4 is 0 Å². The molecule has 0 amide bonds. The van der Waals surface area contributed by atoms with Gasteiger partial charge in [-0.25, -0.2) is 4.98 Å². The lowest BCUT2D eigenvalue weighted by Gasteiger charge is -2.27. The largest absolute Gasteiger partial charge is 0.507 e. The van der Waals surface area contributed by atoms with Crippen molar-refractivity contribution in [3.63, 3.8) is 0 Å². The van der Waals surface area contributed by atoms with Crippen LogP contribution in [0.5, 0.6) is 5.75 Å². The van der Waals surface area contributed by atoms with Gasteiger partial charge in [-0.1, -0.05) is 129 Å². The van der Waals surface area contributed by atoms with Crippen LogP contribution in [0.15, 0.2) is 120 Å². The van der Waals surface area contributed by atoms with Crippen LogP contribution in [-0.4, -0.2) is 25.9 Å². The summed E-state index contributed by atoms with van der Waals surface area (Å²) in [6, 6.07) is 38.3. The zero-order chi connectivity index (χ0) is 38.2. The van der Waals surface area contributed by atoms with E-state index < -0.39 is 0 Å². The summed E-state index contributed by atoms with van der Waals surface area (Å²) in [4.78, 5) is 15.4. The number of hydrogen-bond acceptors (Lipinski definition) is 4. The minimum absolute atomic E-state index is 0.123. The van der Waals surface area contributed by atoms with Gasteiger partial charge in [0.05, 0.1) is 33.7 Å². The predicted molar refractivity (Wildman–Crippen MR) is 226 cm³/mol. The molecule has 0 fully saturated rings. The first kappa shape index (κ1) is 35.2.